The van der Waals surface area contributed by atoms with E-state index in [0.29, 0.717) is 0 Å². The van der Waals surface area contributed by atoms with Gasteiger partial charge in [-0.2, -0.15) is 0 Å². The van der Waals surface area contributed by atoms with Crippen LogP contribution in [0.4, 0.5) is 0 Å². The van der Waals surface area contributed by atoms with Crippen molar-refractivity contribution in [1.29, 1.82) is 0 Å². The minimum atomic E-state index is 0.821. The van der Waals surface area contributed by atoms with Crippen molar-refractivity contribution in [1.82, 2.24) is 9.55 Å². The second-order valence-electron chi connectivity index (χ2n) is 3.92. The molecule has 0 spiro atoms. The van der Waals surface area contributed by atoms with Gasteiger partial charge >= 0.3 is 0 Å². The van der Waals surface area contributed by atoms with E-state index in [1.807, 2.05) is 24.0 Å². The number of aromatic nitrogens is 2. The molecule has 1 aromatic heterocycles. The highest BCUT2D eigenvalue weighted by Gasteiger charge is 2.09. The Bertz CT molecular complexity index is 478. The van der Waals surface area contributed by atoms with Crippen molar-refractivity contribution in [3.05, 3.63) is 47.8 Å². The summed E-state index contributed by atoms with van der Waals surface area (Å²) in [6.07, 6.45) is 11.0. The van der Waals surface area contributed by atoms with Crippen LogP contribution in [0, 0.1) is 6.92 Å². The van der Waals surface area contributed by atoms with Gasteiger partial charge in [0.05, 0.1) is 24.8 Å². The largest absolute Gasteiger partial charge is 0.499 e. The summed E-state index contributed by atoms with van der Waals surface area (Å²) >= 11 is 0. The molecule has 84 valence electrons. The minimum absolute atomic E-state index is 0.821. The normalized spacial score (nSPS) is 16.1. The van der Waals surface area contributed by atoms with E-state index in [4.69, 9.17) is 4.74 Å². The van der Waals surface area contributed by atoms with Gasteiger partial charge in [-0.15, -0.1) is 0 Å². The molecule has 0 radical (unpaired) electrons. The Labute approximate surface area is 95.8 Å². The summed E-state index contributed by atoms with van der Waals surface area (Å²) in [5.74, 6) is 0.963. The molecule has 2 rings (SSSR count). The third kappa shape index (κ3) is 2.08. The monoisotopic (exact) mass is 216 g/mol. The zero-order valence-electron chi connectivity index (χ0n) is 9.90. The first-order valence-electron chi connectivity index (χ1n) is 5.33. The minimum Gasteiger partial charge on any atom is -0.499 e. The Morgan fingerprint density at radius 1 is 1.31 bits per heavy atom. The van der Waals surface area contributed by atoms with Gasteiger partial charge in [-0.3, -0.25) is 0 Å². The second kappa shape index (κ2) is 4.39. The average molecular weight is 216 g/mol. The molecule has 0 aliphatic heterocycles. The maximum atomic E-state index is 5.43. The summed E-state index contributed by atoms with van der Waals surface area (Å²) in [5, 5.41) is 0. The van der Waals surface area contributed by atoms with E-state index >= 15 is 0 Å². The van der Waals surface area contributed by atoms with Crippen LogP contribution in [0.5, 0.6) is 0 Å². The van der Waals surface area contributed by atoms with Crippen molar-refractivity contribution >= 4 is 5.70 Å². The van der Waals surface area contributed by atoms with Gasteiger partial charge in [0.15, 0.2) is 0 Å². The van der Waals surface area contributed by atoms with Crippen molar-refractivity contribution in [2.45, 2.75) is 20.3 Å². The molecule has 0 amide bonds. The van der Waals surface area contributed by atoms with Gasteiger partial charge in [-0.25, -0.2) is 4.98 Å². The maximum absolute atomic E-state index is 5.43. The van der Waals surface area contributed by atoms with E-state index in [-0.39, 0.29) is 0 Å². The Morgan fingerprint density at radius 2 is 2.12 bits per heavy atom. The zero-order chi connectivity index (χ0) is 11.5. The van der Waals surface area contributed by atoms with Gasteiger partial charge in [0.2, 0.25) is 0 Å². The third-order valence-electron chi connectivity index (χ3n) is 2.64. The van der Waals surface area contributed by atoms with Crippen molar-refractivity contribution in [2.75, 3.05) is 7.11 Å². The molecule has 0 atom stereocenters. The van der Waals surface area contributed by atoms with Crippen LogP contribution < -0.4 is 0 Å². The summed E-state index contributed by atoms with van der Waals surface area (Å²) in [4.78, 5) is 4.23. The van der Waals surface area contributed by atoms with E-state index in [9.17, 15) is 0 Å². The number of nitrogens with zero attached hydrogens (tertiary/aromatic N) is 2. The van der Waals surface area contributed by atoms with Crippen LogP contribution in [0.2, 0.25) is 0 Å². The lowest BCUT2D eigenvalue weighted by molar-refractivity contribution is 0.286. The highest BCUT2D eigenvalue weighted by atomic mass is 16.5. The van der Waals surface area contributed by atoms with Gasteiger partial charge in [-0.05, 0) is 19.9 Å². The fourth-order valence-electron chi connectivity index (χ4n) is 1.70. The number of allylic oxidation sites excluding steroid dienone is 5. The van der Waals surface area contributed by atoms with Crippen molar-refractivity contribution in [2.24, 2.45) is 0 Å². The van der Waals surface area contributed by atoms with E-state index in [1.165, 1.54) is 5.57 Å². The molecule has 0 saturated heterocycles. The molecule has 0 N–H and O–H groups in total. The van der Waals surface area contributed by atoms with Crippen LogP contribution in [-0.4, -0.2) is 16.7 Å². The number of methoxy groups -OCH3 is 1. The van der Waals surface area contributed by atoms with Gasteiger partial charge in [-0.1, -0.05) is 17.7 Å². The molecule has 1 heterocycles. The highest BCUT2D eigenvalue weighted by Crippen LogP contribution is 2.22. The first-order valence-corrected chi connectivity index (χ1v) is 5.33. The summed E-state index contributed by atoms with van der Waals surface area (Å²) in [6.45, 7) is 4.07. The quantitative estimate of drug-likeness (QED) is 0.760. The lowest BCUT2D eigenvalue weighted by Gasteiger charge is -2.09. The molecule has 0 aromatic carbocycles. The lowest BCUT2D eigenvalue weighted by atomic mass is 10.2. The smallest absolute Gasteiger partial charge is 0.123 e. The summed E-state index contributed by atoms with van der Waals surface area (Å²) in [7, 11) is 1.71. The number of ether oxygens (including phenoxy) is 1. The zero-order valence-corrected chi connectivity index (χ0v) is 9.90. The van der Waals surface area contributed by atoms with Crippen LogP contribution in [0.1, 0.15) is 19.0 Å². The van der Waals surface area contributed by atoms with Crippen LogP contribution in [-0.2, 0) is 4.74 Å². The van der Waals surface area contributed by atoms with E-state index < -0.39 is 0 Å². The topological polar surface area (TPSA) is 27.1 Å². The standard InChI is InChI=1S/C13H16N2O/c1-10-4-6-12(13(16-3)7-5-10)15-8-11(2)14-9-15/h4-6,8-9H,7H2,1-3H3. The van der Waals surface area contributed by atoms with Gasteiger partial charge in [0, 0.05) is 12.6 Å². The predicted octanol–water partition coefficient (Wildman–Crippen LogP) is 2.91. The molecular weight excluding hydrogens is 200 g/mol. The number of imidazole rings is 1. The van der Waals surface area contributed by atoms with Crippen LogP contribution in [0.3, 0.4) is 0 Å². The first-order chi connectivity index (χ1) is 7.70. The SMILES string of the molecule is COC1=C(n2cnc(C)c2)C=CC(C)=CC1. The Kier molecular flexibility index (Phi) is 2.95. The maximum Gasteiger partial charge on any atom is 0.123 e. The first kappa shape index (κ1) is 10.7. The molecule has 0 saturated carbocycles. The summed E-state index contributed by atoms with van der Waals surface area (Å²) in [6, 6.07) is 0. The molecule has 0 fully saturated rings. The Morgan fingerprint density at radius 3 is 2.75 bits per heavy atom. The van der Waals surface area contributed by atoms with Crippen molar-refractivity contribution in [3.8, 4) is 0 Å². The molecule has 1 aromatic rings. The Balaban J connectivity index is 2.44. The molecule has 1 aliphatic carbocycles. The second-order valence-corrected chi connectivity index (χ2v) is 3.92. The van der Waals surface area contributed by atoms with E-state index in [2.05, 4.69) is 30.1 Å². The Hall–Kier alpha value is -1.77. The summed E-state index contributed by atoms with van der Waals surface area (Å²) < 4.78 is 7.43. The van der Waals surface area contributed by atoms with Crippen LogP contribution in [0.15, 0.2) is 42.1 Å². The number of hydrogen-bond acceptors (Lipinski definition) is 2. The molecule has 3 heteroatoms. The number of aryl methyl sites for hydroxylation is 1. The van der Waals surface area contributed by atoms with Crippen molar-refractivity contribution < 1.29 is 4.74 Å². The lowest BCUT2D eigenvalue weighted by Crippen LogP contribution is -1.97. The molecule has 16 heavy (non-hydrogen) atoms. The third-order valence-corrected chi connectivity index (χ3v) is 2.64. The van der Waals surface area contributed by atoms with E-state index in [1.54, 1.807) is 7.11 Å². The highest BCUT2D eigenvalue weighted by molar-refractivity contribution is 5.62. The van der Waals surface area contributed by atoms with Crippen LogP contribution >= 0.6 is 0 Å². The fraction of sp³-hybridized carbons (Fsp3) is 0.308. The van der Waals surface area contributed by atoms with E-state index in [0.717, 1.165) is 23.6 Å². The number of rotatable bonds is 2. The average Bonchev–Trinajstić information content (AvgIpc) is 2.59. The number of hydrogen-bond donors (Lipinski definition) is 0. The van der Waals surface area contributed by atoms with Gasteiger partial charge < -0.3 is 9.30 Å². The molecule has 1 aliphatic rings. The molecule has 3 nitrogen and oxygen atoms in total. The fourth-order valence-corrected chi connectivity index (χ4v) is 1.70. The van der Waals surface area contributed by atoms with Crippen molar-refractivity contribution in [3.63, 3.8) is 0 Å². The van der Waals surface area contributed by atoms with Gasteiger partial charge in [0.1, 0.15) is 5.76 Å². The predicted molar refractivity (Wildman–Crippen MR) is 64.7 cm³/mol. The summed E-state index contributed by atoms with van der Waals surface area (Å²) in [5.41, 5.74) is 3.31. The van der Waals surface area contributed by atoms with Gasteiger partial charge in [0.25, 0.3) is 0 Å². The molecule has 0 bridgehead atoms. The van der Waals surface area contributed by atoms with Crippen LogP contribution in [0.25, 0.3) is 5.70 Å². The molecular formula is C13H16N2O. The molecule has 0 unspecified atom stereocenters.